The molecule has 0 aromatic rings. The third-order valence-corrected chi connectivity index (χ3v) is 3.77. The van der Waals surface area contributed by atoms with Gasteiger partial charge in [0.15, 0.2) is 0 Å². The Morgan fingerprint density at radius 3 is 2.69 bits per heavy atom. The van der Waals surface area contributed by atoms with Crippen LogP contribution in [-0.2, 0) is 4.79 Å². The van der Waals surface area contributed by atoms with Crippen LogP contribution < -0.4 is 0 Å². The highest BCUT2D eigenvalue weighted by molar-refractivity contribution is 5.49. The first-order valence-electron chi connectivity index (χ1n) is 5.51. The first kappa shape index (κ1) is 10.7. The fourth-order valence-corrected chi connectivity index (χ4v) is 2.96. The maximum Gasteiger partial charge on any atom is 0.120 e. The predicted octanol–water partition coefficient (Wildman–Crippen LogP) is 3.43. The Morgan fingerprint density at radius 1 is 1.46 bits per heavy atom. The molecule has 1 rings (SSSR count). The van der Waals surface area contributed by atoms with Crippen molar-refractivity contribution in [3.05, 3.63) is 0 Å². The summed E-state index contributed by atoms with van der Waals surface area (Å²) in [5.41, 5.74) is 0.459. The Kier molecular flexibility index (Phi) is 3.52. The van der Waals surface area contributed by atoms with Gasteiger partial charge in [0.2, 0.25) is 0 Å². The van der Waals surface area contributed by atoms with Gasteiger partial charge >= 0.3 is 0 Å². The molecule has 0 bridgehead atoms. The van der Waals surface area contributed by atoms with E-state index in [1.165, 1.54) is 19.3 Å². The maximum absolute atomic E-state index is 10.4. The van der Waals surface area contributed by atoms with Gasteiger partial charge in [-0.25, -0.2) is 0 Å². The maximum atomic E-state index is 10.4. The van der Waals surface area contributed by atoms with E-state index in [1.807, 2.05) is 0 Å². The van der Waals surface area contributed by atoms with Gasteiger partial charge in [-0.2, -0.15) is 0 Å². The lowest BCUT2D eigenvalue weighted by Crippen LogP contribution is -2.33. The summed E-state index contributed by atoms with van der Waals surface area (Å²) in [5.74, 6) is 1.56. The largest absolute Gasteiger partial charge is 0.303 e. The molecule has 0 spiro atoms. The summed E-state index contributed by atoms with van der Waals surface area (Å²) < 4.78 is 0. The van der Waals surface area contributed by atoms with Crippen molar-refractivity contribution in [1.29, 1.82) is 0 Å². The summed E-state index contributed by atoms with van der Waals surface area (Å²) in [6.45, 7) is 7.06. The molecule has 0 amide bonds. The summed E-state index contributed by atoms with van der Waals surface area (Å²) in [5, 5.41) is 0. The van der Waals surface area contributed by atoms with Crippen LogP contribution in [-0.4, -0.2) is 6.29 Å². The first-order valence-corrected chi connectivity index (χ1v) is 5.51. The minimum absolute atomic E-state index is 0.459. The SMILES string of the molecule is CC1CCCC(C)(C)C1CCC=O. The highest BCUT2D eigenvalue weighted by Crippen LogP contribution is 2.45. The molecule has 1 nitrogen and oxygen atoms in total. The van der Waals surface area contributed by atoms with Crippen LogP contribution in [0.2, 0.25) is 0 Å². The molecule has 1 heteroatoms. The van der Waals surface area contributed by atoms with Crippen molar-refractivity contribution in [2.75, 3.05) is 0 Å². The van der Waals surface area contributed by atoms with Crippen molar-refractivity contribution in [3.63, 3.8) is 0 Å². The van der Waals surface area contributed by atoms with E-state index in [4.69, 9.17) is 0 Å². The second-order valence-electron chi connectivity index (χ2n) is 5.21. The normalized spacial score (nSPS) is 32.8. The Hall–Kier alpha value is -0.330. The van der Waals surface area contributed by atoms with Gasteiger partial charge in [0.1, 0.15) is 6.29 Å². The van der Waals surface area contributed by atoms with Crippen LogP contribution in [0.4, 0.5) is 0 Å². The van der Waals surface area contributed by atoms with Crippen molar-refractivity contribution in [2.24, 2.45) is 17.3 Å². The Balaban J connectivity index is 2.57. The van der Waals surface area contributed by atoms with Crippen LogP contribution in [0.3, 0.4) is 0 Å². The molecule has 0 aromatic heterocycles. The average molecular weight is 182 g/mol. The lowest BCUT2D eigenvalue weighted by Gasteiger charge is -2.43. The minimum Gasteiger partial charge on any atom is -0.303 e. The molecule has 2 unspecified atom stereocenters. The van der Waals surface area contributed by atoms with Crippen molar-refractivity contribution in [2.45, 2.75) is 52.9 Å². The molecular formula is C12H22O. The van der Waals surface area contributed by atoms with Crippen LogP contribution in [0.5, 0.6) is 0 Å². The molecule has 0 N–H and O–H groups in total. The van der Waals surface area contributed by atoms with Gasteiger partial charge in [-0.05, 0) is 30.1 Å². The first-order chi connectivity index (χ1) is 6.08. The summed E-state index contributed by atoms with van der Waals surface area (Å²) in [6, 6.07) is 0. The molecule has 76 valence electrons. The van der Waals surface area contributed by atoms with Gasteiger partial charge in [-0.3, -0.25) is 0 Å². The lowest BCUT2D eigenvalue weighted by atomic mass is 9.63. The van der Waals surface area contributed by atoms with E-state index in [0.717, 1.165) is 31.0 Å². The summed E-state index contributed by atoms with van der Waals surface area (Å²) in [7, 11) is 0. The van der Waals surface area contributed by atoms with Gasteiger partial charge in [-0.1, -0.05) is 33.6 Å². The van der Waals surface area contributed by atoms with Crippen LogP contribution in [0.1, 0.15) is 52.9 Å². The molecule has 13 heavy (non-hydrogen) atoms. The van der Waals surface area contributed by atoms with E-state index >= 15 is 0 Å². The van der Waals surface area contributed by atoms with E-state index in [1.54, 1.807) is 0 Å². The second-order valence-corrected chi connectivity index (χ2v) is 5.21. The molecule has 0 saturated heterocycles. The molecular weight excluding hydrogens is 160 g/mol. The van der Waals surface area contributed by atoms with Gasteiger partial charge in [0.05, 0.1) is 0 Å². The highest BCUT2D eigenvalue weighted by atomic mass is 16.1. The standard InChI is InChI=1S/C12H22O/c1-10-6-4-8-12(2,3)11(10)7-5-9-13/h9-11H,4-8H2,1-3H3. The molecule has 0 aromatic carbocycles. The number of aldehydes is 1. The summed E-state index contributed by atoms with van der Waals surface area (Å²) in [4.78, 5) is 10.4. The van der Waals surface area contributed by atoms with Crippen molar-refractivity contribution < 1.29 is 4.79 Å². The Bertz CT molecular complexity index is 172. The molecule has 0 heterocycles. The van der Waals surface area contributed by atoms with Crippen LogP contribution >= 0.6 is 0 Å². The van der Waals surface area contributed by atoms with E-state index in [9.17, 15) is 4.79 Å². The quantitative estimate of drug-likeness (QED) is 0.611. The van der Waals surface area contributed by atoms with Gasteiger partial charge in [0.25, 0.3) is 0 Å². The van der Waals surface area contributed by atoms with Crippen molar-refractivity contribution in [1.82, 2.24) is 0 Å². The van der Waals surface area contributed by atoms with Gasteiger partial charge < -0.3 is 4.79 Å². The van der Waals surface area contributed by atoms with E-state index in [-0.39, 0.29) is 0 Å². The van der Waals surface area contributed by atoms with Crippen LogP contribution in [0, 0.1) is 17.3 Å². The van der Waals surface area contributed by atoms with E-state index in [2.05, 4.69) is 20.8 Å². The Morgan fingerprint density at radius 2 is 2.15 bits per heavy atom. The van der Waals surface area contributed by atoms with Gasteiger partial charge in [0, 0.05) is 6.42 Å². The van der Waals surface area contributed by atoms with E-state index < -0.39 is 0 Å². The minimum atomic E-state index is 0.459. The smallest absolute Gasteiger partial charge is 0.120 e. The highest BCUT2D eigenvalue weighted by Gasteiger charge is 2.35. The van der Waals surface area contributed by atoms with Crippen LogP contribution in [0.25, 0.3) is 0 Å². The number of rotatable bonds is 3. The second kappa shape index (κ2) is 4.26. The zero-order valence-electron chi connectivity index (χ0n) is 9.18. The number of hydrogen-bond donors (Lipinski definition) is 0. The van der Waals surface area contributed by atoms with E-state index in [0.29, 0.717) is 5.41 Å². The van der Waals surface area contributed by atoms with Crippen LogP contribution in [0.15, 0.2) is 0 Å². The third kappa shape index (κ3) is 2.55. The topological polar surface area (TPSA) is 17.1 Å². The number of hydrogen-bond acceptors (Lipinski definition) is 1. The molecule has 1 saturated carbocycles. The molecule has 1 aliphatic rings. The molecule has 0 aliphatic heterocycles. The summed E-state index contributed by atoms with van der Waals surface area (Å²) in [6.07, 6.45) is 6.97. The zero-order chi connectivity index (χ0) is 9.90. The third-order valence-electron chi connectivity index (χ3n) is 3.77. The Labute approximate surface area is 81.9 Å². The summed E-state index contributed by atoms with van der Waals surface area (Å²) >= 11 is 0. The lowest BCUT2D eigenvalue weighted by molar-refractivity contribution is -0.108. The fraction of sp³-hybridized carbons (Fsp3) is 0.917. The average Bonchev–Trinajstić information content (AvgIpc) is 2.02. The number of carbonyl (C=O) groups is 1. The fourth-order valence-electron chi connectivity index (χ4n) is 2.96. The van der Waals surface area contributed by atoms with Crippen molar-refractivity contribution in [3.8, 4) is 0 Å². The van der Waals surface area contributed by atoms with Gasteiger partial charge in [-0.15, -0.1) is 0 Å². The zero-order valence-corrected chi connectivity index (χ0v) is 9.18. The molecule has 1 aliphatic carbocycles. The molecule has 0 radical (unpaired) electrons. The molecule has 2 atom stereocenters. The monoisotopic (exact) mass is 182 g/mol. The predicted molar refractivity (Wildman–Crippen MR) is 55.6 cm³/mol. The number of carbonyl (C=O) groups excluding carboxylic acids is 1. The van der Waals surface area contributed by atoms with Crippen molar-refractivity contribution >= 4 is 6.29 Å². The molecule has 1 fully saturated rings.